The number of aliphatic carboxylic acids is 1. The summed E-state index contributed by atoms with van der Waals surface area (Å²) in [6.45, 7) is 3.78. The molecule has 4 atom stereocenters. The van der Waals surface area contributed by atoms with E-state index in [0.717, 1.165) is 6.42 Å². The van der Waals surface area contributed by atoms with Crippen LogP contribution in [0.15, 0.2) is 9.98 Å². The normalized spacial score (nSPS) is 21.9. The van der Waals surface area contributed by atoms with Gasteiger partial charge in [-0.15, -0.1) is 0 Å². The zero-order valence-corrected chi connectivity index (χ0v) is 11.1. The van der Waals surface area contributed by atoms with Crippen molar-refractivity contribution in [2.45, 2.75) is 44.8 Å². The van der Waals surface area contributed by atoms with Crippen LogP contribution in [0.4, 0.5) is 0 Å². The summed E-state index contributed by atoms with van der Waals surface area (Å²) in [6.07, 6.45) is 3.85. The Kier molecular flexibility index (Phi) is 5.62. The van der Waals surface area contributed by atoms with E-state index in [1.165, 1.54) is 6.34 Å². The lowest BCUT2D eigenvalue weighted by molar-refractivity contribution is -0.142. The number of nitrogens with one attached hydrogen (secondary N) is 1. The lowest BCUT2D eigenvalue weighted by Gasteiger charge is -2.21. The van der Waals surface area contributed by atoms with Crippen LogP contribution in [-0.4, -0.2) is 47.7 Å². The van der Waals surface area contributed by atoms with Gasteiger partial charge in [0, 0.05) is 12.6 Å². The molecule has 1 rings (SSSR count). The number of carbonyl (C=O) groups is 2. The number of aliphatic imine (C=N–C) groups is 2. The highest BCUT2D eigenvalue weighted by Gasteiger charge is 2.27. The lowest BCUT2D eigenvalue weighted by Crippen LogP contribution is -2.51. The van der Waals surface area contributed by atoms with Crippen molar-refractivity contribution in [1.82, 2.24) is 5.32 Å². The van der Waals surface area contributed by atoms with Crippen molar-refractivity contribution in [2.75, 3.05) is 0 Å². The van der Waals surface area contributed by atoms with E-state index in [1.54, 1.807) is 6.21 Å². The molecule has 1 heterocycles. The third-order valence-corrected chi connectivity index (χ3v) is 3.23. The summed E-state index contributed by atoms with van der Waals surface area (Å²) < 4.78 is 0. The van der Waals surface area contributed by atoms with Crippen molar-refractivity contribution in [1.29, 1.82) is 0 Å². The van der Waals surface area contributed by atoms with Gasteiger partial charge in [0.15, 0.2) is 0 Å². The Morgan fingerprint density at radius 1 is 1.53 bits per heavy atom. The number of carboxylic acid groups (broad SMARTS) is 1. The van der Waals surface area contributed by atoms with E-state index in [2.05, 4.69) is 15.3 Å². The molecule has 0 spiro atoms. The van der Waals surface area contributed by atoms with Crippen LogP contribution in [0.1, 0.15) is 26.7 Å². The number of hydrogen-bond donors (Lipinski definition) is 3. The summed E-state index contributed by atoms with van der Waals surface area (Å²) in [5.74, 6) is -1.54. The van der Waals surface area contributed by atoms with Crippen LogP contribution in [0.25, 0.3) is 0 Å². The van der Waals surface area contributed by atoms with Crippen LogP contribution in [0, 0.1) is 5.92 Å². The van der Waals surface area contributed by atoms with Crippen LogP contribution < -0.4 is 11.1 Å². The predicted octanol–water partition coefficient (Wildman–Crippen LogP) is -0.199. The van der Waals surface area contributed by atoms with E-state index in [-0.39, 0.29) is 18.4 Å². The zero-order chi connectivity index (χ0) is 14.4. The third-order valence-electron chi connectivity index (χ3n) is 3.23. The molecule has 0 radical (unpaired) electrons. The molecule has 7 nitrogen and oxygen atoms in total. The molecule has 0 aliphatic carbocycles. The predicted molar refractivity (Wildman–Crippen MR) is 72.4 cm³/mol. The molecule has 0 fully saturated rings. The van der Waals surface area contributed by atoms with Gasteiger partial charge < -0.3 is 16.2 Å². The first-order valence-corrected chi connectivity index (χ1v) is 6.29. The Balaban J connectivity index is 2.58. The maximum Gasteiger partial charge on any atom is 0.326 e. The SMILES string of the molecule is CC[C@@H](C)[C@H](N)C(=O)N[C@@H](C[C@@H]1C=NC=N1)C(=O)O. The van der Waals surface area contributed by atoms with Crippen LogP contribution in [0.2, 0.25) is 0 Å². The van der Waals surface area contributed by atoms with Gasteiger partial charge in [-0.05, 0) is 5.92 Å². The van der Waals surface area contributed by atoms with Gasteiger partial charge in [0.2, 0.25) is 5.91 Å². The largest absolute Gasteiger partial charge is 0.480 e. The van der Waals surface area contributed by atoms with Gasteiger partial charge >= 0.3 is 5.97 Å². The average molecular weight is 268 g/mol. The van der Waals surface area contributed by atoms with E-state index < -0.39 is 24.0 Å². The summed E-state index contributed by atoms with van der Waals surface area (Å²) in [5.41, 5.74) is 5.77. The fourth-order valence-electron chi connectivity index (χ4n) is 1.67. The van der Waals surface area contributed by atoms with Crippen LogP contribution in [0.5, 0.6) is 0 Å². The number of carbonyl (C=O) groups excluding carboxylic acids is 1. The summed E-state index contributed by atoms with van der Waals surface area (Å²) in [7, 11) is 0. The second-order valence-electron chi connectivity index (χ2n) is 4.68. The van der Waals surface area contributed by atoms with Crippen LogP contribution in [-0.2, 0) is 9.59 Å². The molecule has 0 unspecified atom stereocenters. The molecule has 106 valence electrons. The zero-order valence-electron chi connectivity index (χ0n) is 11.1. The number of amides is 1. The maximum atomic E-state index is 11.9. The Hall–Kier alpha value is -1.76. The Labute approximate surface area is 112 Å². The third kappa shape index (κ3) is 4.44. The first-order chi connectivity index (χ1) is 8.95. The molecule has 0 saturated carbocycles. The van der Waals surface area contributed by atoms with Gasteiger partial charge in [-0.3, -0.25) is 9.79 Å². The molecule has 19 heavy (non-hydrogen) atoms. The Bertz CT molecular complexity index is 382. The van der Waals surface area contributed by atoms with Gasteiger partial charge in [-0.2, -0.15) is 0 Å². The smallest absolute Gasteiger partial charge is 0.326 e. The molecule has 0 bridgehead atoms. The number of nitrogens with two attached hydrogens (primary N) is 1. The average Bonchev–Trinajstić information content (AvgIpc) is 2.88. The topological polar surface area (TPSA) is 117 Å². The maximum absolute atomic E-state index is 11.9. The summed E-state index contributed by atoms with van der Waals surface area (Å²) in [4.78, 5) is 30.7. The van der Waals surface area contributed by atoms with Crippen molar-refractivity contribution in [2.24, 2.45) is 21.6 Å². The lowest BCUT2D eigenvalue weighted by atomic mass is 9.98. The van der Waals surface area contributed by atoms with E-state index in [4.69, 9.17) is 10.8 Å². The van der Waals surface area contributed by atoms with Crippen molar-refractivity contribution >= 4 is 24.4 Å². The number of nitrogens with zero attached hydrogens (tertiary/aromatic N) is 2. The summed E-state index contributed by atoms with van der Waals surface area (Å²) >= 11 is 0. The van der Waals surface area contributed by atoms with Crippen molar-refractivity contribution in [3.63, 3.8) is 0 Å². The molecule has 7 heteroatoms. The molecule has 0 aromatic rings. The highest BCUT2D eigenvalue weighted by atomic mass is 16.4. The number of rotatable bonds is 7. The highest BCUT2D eigenvalue weighted by Crippen LogP contribution is 2.08. The highest BCUT2D eigenvalue weighted by molar-refractivity contribution is 5.88. The van der Waals surface area contributed by atoms with E-state index in [0.29, 0.717) is 0 Å². The first kappa shape index (κ1) is 15.3. The van der Waals surface area contributed by atoms with Crippen molar-refractivity contribution in [3.05, 3.63) is 0 Å². The van der Waals surface area contributed by atoms with E-state index in [1.807, 2.05) is 13.8 Å². The Morgan fingerprint density at radius 2 is 2.21 bits per heavy atom. The van der Waals surface area contributed by atoms with E-state index >= 15 is 0 Å². The van der Waals surface area contributed by atoms with Gasteiger partial charge in [0.1, 0.15) is 12.4 Å². The molecule has 4 N–H and O–H groups in total. The van der Waals surface area contributed by atoms with Crippen molar-refractivity contribution in [3.8, 4) is 0 Å². The quantitative estimate of drug-likeness (QED) is 0.592. The van der Waals surface area contributed by atoms with Crippen LogP contribution >= 0.6 is 0 Å². The minimum Gasteiger partial charge on any atom is -0.480 e. The van der Waals surface area contributed by atoms with E-state index in [9.17, 15) is 9.59 Å². The fourth-order valence-corrected chi connectivity index (χ4v) is 1.67. The summed E-state index contributed by atoms with van der Waals surface area (Å²) in [5, 5.41) is 11.6. The van der Waals surface area contributed by atoms with Gasteiger partial charge in [-0.1, -0.05) is 20.3 Å². The molecule has 1 aliphatic heterocycles. The Morgan fingerprint density at radius 3 is 2.68 bits per heavy atom. The molecule has 0 aromatic carbocycles. The van der Waals surface area contributed by atoms with Gasteiger partial charge in [0.05, 0.1) is 12.1 Å². The molecule has 1 amide bonds. The van der Waals surface area contributed by atoms with Crippen LogP contribution in [0.3, 0.4) is 0 Å². The second-order valence-corrected chi connectivity index (χ2v) is 4.68. The van der Waals surface area contributed by atoms with Gasteiger partial charge in [-0.25, -0.2) is 9.79 Å². The monoisotopic (exact) mass is 268 g/mol. The molecular formula is C12H20N4O3. The minimum atomic E-state index is -1.10. The standard InChI is InChI=1S/C12H20N4O3/c1-3-7(2)10(13)11(17)16-9(12(18)19)4-8-5-14-6-15-8/h5-10H,3-4,13H2,1-2H3,(H,16,17)(H,18,19)/t7-,8-,9+,10+/m1/s1. The summed E-state index contributed by atoms with van der Waals surface area (Å²) in [6, 6.07) is -2.01. The van der Waals surface area contributed by atoms with Gasteiger partial charge in [0.25, 0.3) is 0 Å². The molecule has 0 aromatic heterocycles. The minimum absolute atomic E-state index is 0.000471. The van der Waals surface area contributed by atoms with Crippen molar-refractivity contribution < 1.29 is 14.7 Å². The molecule has 1 aliphatic rings. The fraction of sp³-hybridized carbons (Fsp3) is 0.667. The first-order valence-electron chi connectivity index (χ1n) is 6.29. The number of hydrogen-bond acceptors (Lipinski definition) is 5. The number of carboxylic acids is 1. The molecular weight excluding hydrogens is 248 g/mol. The second kappa shape index (κ2) is 6.98. The molecule has 0 saturated heterocycles.